The van der Waals surface area contributed by atoms with Gasteiger partial charge in [-0.25, -0.2) is 9.88 Å². The monoisotopic (exact) mass is 946 g/mol. The number of nitrogens with one attached hydrogen (secondary N) is 2. The van der Waals surface area contributed by atoms with Crippen LogP contribution in [0.2, 0.25) is 0 Å². The molecular formula is C52H91N5O10. The summed E-state index contributed by atoms with van der Waals surface area (Å²) in [7, 11) is 5.28. The van der Waals surface area contributed by atoms with Gasteiger partial charge in [0, 0.05) is 24.3 Å². The van der Waals surface area contributed by atoms with Gasteiger partial charge in [-0.1, -0.05) is 47.6 Å². The first-order valence-electron chi connectivity index (χ1n) is 24.3. The number of hydrogen-bond acceptors (Lipinski definition) is 15. The van der Waals surface area contributed by atoms with Crippen LogP contribution in [0.4, 0.5) is 11.4 Å². The molecule has 2 aliphatic carbocycles. The van der Waals surface area contributed by atoms with Crippen molar-refractivity contribution in [2.75, 3.05) is 106 Å². The van der Waals surface area contributed by atoms with Crippen molar-refractivity contribution in [3.05, 3.63) is 59.3 Å². The molecule has 0 spiro atoms. The van der Waals surface area contributed by atoms with E-state index < -0.39 is 5.60 Å². The SMILES string of the molecule is CC.CC(C)(C)OO.CNC1(C)C(C)CC2CC(C)CC1C2.COc1cccc(OC)c1C(/C=C(\N)C=O)=Nc1ccc(NCCOCCOCCOCCOCCOCCN)cc1C(C)C. The van der Waals surface area contributed by atoms with E-state index in [2.05, 4.69) is 63.3 Å². The van der Waals surface area contributed by atoms with E-state index in [4.69, 9.17) is 54.9 Å². The summed E-state index contributed by atoms with van der Waals surface area (Å²) < 4.78 is 38.5. The molecule has 0 radical (unpaired) electrons. The summed E-state index contributed by atoms with van der Waals surface area (Å²) in [4.78, 5) is 20.3. The highest BCUT2D eigenvalue weighted by Gasteiger charge is 2.46. The van der Waals surface area contributed by atoms with Crippen LogP contribution >= 0.6 is 0 Å². The van der Waals surface area contributed by atoms with E-state index in [0.717, 1.165) is 40.6 Å². The van der Waals surface area contributed by atoms with Crippen molar-refractivity contribution in [3.63, 3.8) is 0 Å². The van der Waals surface area contributed by atoms with Gasteiger partial charge in [0.25, 0.3) is 0 Å². The standard InChI is InChI=1S/C33H50N4O8.C13H25N.C4H10O2.C2H6/c1-25(2)28-23-27(36-11-13-42-15-17-44-19-21-45-20-18-43-16-14-41-12-10-34)8-9-29(28)37-30(22-26(35)24-38)33-31(39-3)6-5-7-32(33)40-4;1-9-5-11-7-10(2)13(3,14-4)12(6-9)8-11;1-4(2,3)6-5;1-2/h5-9,22-25,36H,10-21,34-35H2,1-4H3;9-12,14H,5-8H2,1-4H3;5H,1-3H3;1-2H3/b26-22-,37-30?;;;. The van der Waals surface area contributed by atoms with Crippen molar-refractivity contribution < 1.29 is 48.1 Å². The molecule has 2 fully saturated rings. The Morgan fingerprint density at radius 1 is 0.851 bits per heavy atom. The number of carbonyl (C=O) groups excluding carboxylic acids is 1. The molecule has 5 unspecified atom stereocenters. The van der Waals surface area contributed by atoms with Gasteiger partial charge in [-0.15, -0.1) is 0 Å². The molecule has 4 rings (SSSR count). The number of nitrogens with zero attached hydrogens (tertiary/aromatic N) is 1. The molecule has 2 aromatic rings. The van der Waals surface area contributed by atoms with Gasteiger partial charge in [-0.2, -0.15) is 0 Å². The third-order valence-electron chi connectivity index (χ3n) is 11.8. The van der Waals surface area contributed by atoms with E-state index in [1.54, 1.807) is 47.1 Å². The molecule has 15 nitrogen and oxygen atoms in total. The highest BCUT2D eigenvalue weighted by molar-refractivity contribution is 6.15. The summed E-state index contributed by atoms with van der Waals surface area (Å²) in [5.74, 6) is 5.03. The Labute approximate surface area is 404 Å². The van der Waals surface area contributed by atoms with Gasteiger partial charge in [0.05, 0.1) is 109 Å². The first-order valence-corrected chi connectivity index (χ1v) is 24.3. The van der Waals surface area contributed by atoms with Crippen LogP contribution in [0, 0.1) is 23.7 Å². The number of benzene rings is 2. The molecule has 67 heavy (non-hydrogen) atoms. The van der Waals surface area contributed by atoms with Crippen LogP contribution in [-0.4, -0.2) is 129 Å². The predicted octanol–water partition coefficient (Wildman–Crippen LogP) is 8.80. The van der Waals surface area contributed by atoms with E-state index >= 15 is 0 Å². The van der Waals surface area contributed by atoms with Crippen molar-refractivity contribution in [2.45, 2.75) is 112 Å². The molecule has 2 saturated carbocycles. The third kappa shape index (κ3) is 23.5. The fraction of sp³-hybridized carbons (Fsp3) is 0.692. The maximum atomic E-state index is 11.4. The third-order valence-corrected chi connectivity index (χ3v) is 11.8. The topological polar surface area (TPSA) is 200 Å². The van der Waals surface area contributed by atoms with Gasteiger partial charge < -0.3 is 55.3 Å². The summed E-state index contributed by atoms with van der Waals surface area (Å²) >= 11 is 0. The lowest BCUT2D eigenvalue weighted by Gasteiger charge is -2.53. The smallest absolute Gasteiger partial charge is 0.165 e. The largest absolute Gasteiger partial charge is 0.496 e. The zero-order valence-corrected chi connectivity index (χ0v) is 43.5. The number of hydrogen-bond donors (Lipinski definition) is 5. The fourth-order valence-electron chi connectivity index (χ4n) is 8.17. The Morgan fingerprint density at radius 3 is 1.84 bits per heavy atom. The van der Waals surface area contributed by atoms with E-state index in [1.165, 1.54) is 31.8 Å². The van der Waals surface area contributed by atoms with Crippen molar-refractivity contribution in [1.29, 1.82) is 0 Å². The number of rotatable bonds is 26. The van der Waals surface area contributed by atoms with Crippen molar-refractivity contribution in [2.24, 2.45) is 40.1 Å². The lowest BCUT2D eigenvalue weighted by Crippen LogP contribution is -2.57. The van der Waals surface area contributed by atoms with Gasteiger partial charge in [0.2, 0.25) is 0 Å². The number of allylic oxidation sites excluding steroid dienone is 2. The van der Waals surface area contributed by atoms with E-state index in [-0.39, 0.29) is 11.6 Å². The van der Waals surface area contributed by atoms with Crippen molar-refractivity contribution in [3.8, 4) is 11.5 Å². The second-order valence-corrected chi connectivity index (χ2v) is 18.3. The quantitative estimate of drug-likeness (QED) is 0.0150. The summed E-state index contributed by atoms with van der Waals surface area (Å²) in [5, 5.41) is 14.9. The Bertz CT molecular complexity index is 1660. The molecule has 0 aromatic heterocycles. The molecule has 15 heteroatoms. The van der Waals surface area contributed by atoms with Crippen LogP contribution in [0.15, 0.2) is 53.2 Å². The first kappa shape index (κ1) is 61.4. The molecule has 0 heterocycles. The molecule has 0 saturated heterocycles. The van der Waals surface area contributed by atoms with Crippen LogP contribution in [0.25, 0.3) is 0 Å². The zero-order valence-electron chi connectivity index (χ0n) is 43.5. The predicted molar refractivity (Wildman–Crippen MR) is 272 cm³/mol. The van der Waals surface area contributed by atoms with Crippen LogP contribution in [0.5, 0.6) is 11.5 Å². The minimum atomic E-state index is -0.403. The molecule has 2 aliphatic rings. The maximum absolute atomic E-state index is 11.4. The molecule has 5 atom stereocenters. The van der Waals surface area contributed by atoms with E-state index in [9.17, 15) is 4.79 Å². The number of fused-ring (bicyclic) bond motifs is 2. The molecule has 384 valence electrons. The number of ether oxygens (including phenoxy) is 7. The highest BCUT2D eigenvalue weighted by atomic mass is 17.1. The van der Waals surface area contributed by atoms with Gasteiger partial charge in [0.1, 0.15) is 11.5 Å². The minimum absolute atomic E-state index is 0.0343. The Balaban J connectivity index is 0.000000828. The van der Waals surface area contributed by atoms with Crippen molar-refractivity contribution in [1.82, 2.24) is 5.32 Å². The second kappa shape index (κ2) is 34.6. The van der Waals surface area contributed by atoms with Crippen LogP contribution in [0.1, 0.15) is 112 Å². The number of nitrogens with two attached hydrogens (primary N) is 2. The fourth-order valence-corrected chi connectivity index (χ4v) is 8.17. The highest BCUT2D eigenvalue weighted by Crippen LogP contribution is 2.49. The average molecular weight is 946 g/mol. The normalized spacial score (nSPS) is 20.4. The second-order valence-electron chi connectivity index (χ2n) is 18.3. The molecule has 0 aliphatic heterocycles. The summed E-state index contributed by atoms with van der Waals surface area (Å²) in [5.41, 5.74) is 15.1. The molecular weight excluding hydrogens is 855 g/mol. The average Bonchev–Trinajstić information content (AvgIpc) is 3.32. The number of carbonyl (C=O) groups is 1. The van der Waals surface area contributed by atoms with Gasteiger partial charge >= 0.3 is 0 Å². The zero-order chi connectivity index (χ0) is 50.3. The number of aliphatic imine (C=N–C) groups is 1. The Kier molecular flexibility index (Phi) is 31.7. The molecule has 0 amide bonds. The van der Waals surface area contributed by atoms with Gasteiger partial charge in [-0.3, -0.25) is 10.1 Å². The Hall–Kier alpha value is -3.64. The van der Waals surface area contributed by atoms with Crippen LogP contribution in [-0.2, 0) is 33.4 Å². The molecule has 7 N–H and O–H groups in total. The summed E-state index contributed by atoms with van der Waals surface area (Å²) in [6.07, 6.45) is 7.96. The summed E-state index contributed by atoms with van der Waals surface area (Å²) in [6.45, 7) is 27.1. The summed E-state index contributed by atoms with van der Waals surface area (Å²) in [6, 6.07) is 11.4. The van der Waals surface area contributed by atoms with Gasteiger partial charge in [-0.05, 0) is 132 Å². The molecule has 2 aromatic carbocycles. The van der Waals surface area contributed by atoms with Gasteiger partial charge in [0.15, 0.2) is 6.29 Å². The van der Waals surface area contributed by atoms with Crippen LogP contribution in [0.3, 0.4) is 0 Å². The van der Waals surface area contributed by atoms with E-state index in [1.807, 2.05) is 32.0 Å². The maximum Gasteiger partial charge on any atom is 0.165 e. The number of methoxy groups -OCH3 is 2. The lowest BCUT2D eigenvalue weighted by molar-refractivity contribution is -0.306. The van der Waals surface area contributed by atoms with Crippen LogP contribution < -0.4 is 31.6 Å². The number of aldehydes is 1. The number of anilines is 1. The lowest BCUT2D eigenvalue weighted by atomic mass is 9.57. The Morgan fingerprint density at radius 2 is 1.37 bits per heavy atom. The van der Waals surface area contributed by atoms with Crippen molar-refractivity contribution >= 4 is 23.4 Å². The molecule has 2 bridgehead atoms. The first-order chi connectivity index (χ1) is 32.1. The minimum Gasteiger partial charge on any atom is -0.496 e. The van der Waals surface area contributed by atoms with E-state index in [0.29, 0.717) is 114 Å².